The van der Waals surface area contributed by atoms with Gasteiger partial charge in [0.1, 0.15) is 6.10 Å². The van der Waals surface area contributed by atoms with Crippen molar-refractivity contribution in [2.45, 2.75) is 65.1 Å². The van der Waals surface area contributed by atoms with E-state index in [0.717, 1.165) is 12.8 Å². The van der Waals surface area contributed by atoms with E-state index in [2.05, 4.69) is 32.9 Å². The first-order valence-corrected chi connectivity index (χ1v) is 7.03. The lowest BCUT2D eigenvalue weighted by Crippen LogP contribution is -2.24. The van der Waals surface area contributed by atoms with Gasteiger partial charge in [0.25, 0.3) is 0 Å². The van der Waals surface area contributed by atoms with Gasteiger partial charge in [0.15, 0.2) is 0 Å². The Morgan fingerprint density at radius 3 is 2.67 bits per heavy atom. The van der Waals surface area contributed by atoms with Crippen LogP contribution < -0.4 is 0 Å². The molecule has 0 bridgehead atoms. The van der Waals surface area contributed by atoms with Crippen molar-refractivity contribution in [3.05, 3.63) is 12.2 Å². The summed E-state index contributed by atoms with van der Waals surface area (Å²) in [4.78, 5) is 11.7. The van der Waals surface area contributed by atoms with Gasteiger partial charge in [-0.1, -0.05) is 32.9 Å². The van der Waals surface area contributed by atoms with E-state index in [1.54, 1.807) is 0 Å². The summed E-state index contributed by atoms with van der Waals surface area (Å²) in [7, 11) is 0. The quantitative estimate of drug-likeness (QED) is 0.578. The zero-order valence-corrected chi connectivity index (χ0v) is 11.8. The lowest BCUT2D eigenvalue weighted by Gasteiger charge is -2.22. The molecule has 0 amide bonds. The van der Waals surface area contributed by atoms with Gasteiger partial charge in [-0.25, -0.2) is 0 Å². The first-order valence-electron chi connectivity index (χ1n) is 7.03. The highest BCUT2D eigenvalue weighted by atomic mass is 16.5. The summed E-state index contributed by atoms with van der Waals surface area (Å²) < 4.78 is 5.47. The predicted molar refractivity (Wildman–Crippen MR) is 72.1 cm³/mol. The van der Waals surface area contributed by atoms with Crippen molar-refractivity contribution >= 4 is 5.97 Å². The van der Waals surface area contributed by atoms with Crippen LogP contribution in [0, 0.1) is 11.8 Å². The monoisotopic (exact) mass is 254 g/mol. The van der Waals surface area contributed by atoms with Crippen molar-refractivity contribution in [1.29, 1.82) is 0 Å². The van der Waals surface area contributed by atoms with Crippen LogP contribution in [0.2, 0.25) is 0 Å². The van der Waals surface area contributed by atoms with Gasteiger partial charge < -0.3 is 9.84 Å². The van der Waals surface area contributed by atoms with Gasteiger partial charge in [-0.05, 0) is 31.1 Å². The number of hydrogen-bond donors (Lipinski definition) is 1. The number of carbonyl (C=O) groups excluding carboxylic acids is 1. The molecule has 3 heteroatoms. The molecule has 18 heavy (non-hydrogen) atoms. The molecule has 1 aliphatic rings. The molecule has 104 valence electrons. The van der Waals surface area contributed by atoms with Crippen molar-refractivity contribution in [3.8, 4) is 0 Å². The molecular weight excluding hydrogens is 228 g/mol. The maximum atomic E-state index is 11.7. The van der Waals surface area contributed by atoms with Crippen molar-refractivity contribution in [2.24, 2.45) is 11.8 Å². The van der Waals surface area contributed by atoms with Gasteiger partial charge in [-0.15, -0.1) is 0 Å². The van der Waals surface area contributed by atoms with Crippen molar-refractivity contribution in [3.63, 3.8) is 0 Å². The summed E-state index contributed by atoms with van der Waals surface area (Å²) in [6.07, 6.45) is 7.29. The fraction of sp³-hybridized carbons (Fsp3) is 0.800. The summed E-state index contributed by atoms with van der Waals surface area (Å²) in [6.45, 7) is 6.20. The number of hydrogen-bond acceptors (Lipinski definition) is 3. The molecule has 0 unspecified atom stereocenters. The number of esters is 1. The average Bonchev–Trinajstić information content (AvgIpc) is 2.30. The number of carbonyl (C=O) groups is 1. The molecule has 1 aliphatic heterocycles. The molecule has 1 N–H and O–H groups in total. The molecule has 0 radical (unpaired) electrons. The van der Waals surface area contributed by atoms with Crippen LogP contribution in [0.1, 0.15) is 52.9 Å². The van der Waals surface area contributed by atoms with Crippen LogP contribution in [0.3, 0.4) is 0 Å². The molecule has 0 aliphatic carbocycles. The highest BCUT2D eigenvalue weighted by Gasteiger charge is 2.19. The maximum Gasteiger partial charge on any atom is 0.306 e. The summed E-state index contributed by atoms with van der Waals surface area (Å²) in [5.41, 5.74) is 0. The van der Waals surface area contributed by atoms with E-state index in [9.17, 15) is 9.90 Å². The molecule has 0 spiro atoms. The van der Waals surface area contributed by atoms with Crippen LogP contribution in [0.5, 0.6) is 0 Å². The van der Waals surface area contributed by atoms with Crippen LogP contribution >= 0.6 is 0 Å². The molecule has 3 nitrogen and oxygen atoms in total. The van der Waals surface area contributed by atoms with Crippen LogP contribution in [0.4, 0.5) is 0 Å². The number of aliphatic hydroxyl groups excluding tert-OH is 1. The molecule has 1 heterocycles. The Hall–Kier alpha value is -0.830. The molecule has 0 saturated carbocycles. The van der Waals surface area contributed by atoms with E-state index in [1.807, 2.05) is 0 Å². The number of ether oxygens (including phenoxy) is 1. The molecule has 0 fully saturated rings. The van der Waals surface area contributed by atoms with E-state index in [4.69, 9.17) is 4.74 Å². The Labute approximate surface area is 110 Å². The number of allylic oxidation sites excluding steroid dienone is 1. The molecule has 0 saturated heterocycles. The Bertz CT molecular complexity index is 283. The SMILES string of the molecule is CC(C)[C@H]1C/C=C\C[C@H](C)[C@@H](O)CCCC(=O)O1. The second-order valence-corrected chi connectivity index (χ2v) is 5.65. The van der Waals surface area contributed by atoms with Crippen LogP contribution in [-0.2, 0) is 9.53 Å². The van der Waals surface area contributed by atoms with Crippen molar-refractivity contribution in [1.82, 2.24) is 0 Å². The van der Waals surface area contributed by atoms with Gasteiger partial charge in [-0.3, -0.25) is 4.79 Å². The predicted octanol–water partition coefficient (Wildman–Crippen LogP) is 3.07. The van der Waals surface area contributed by atoms with E-state index in [-0.39, 0.29) is 24.1 Å². The minimum Gasteiger partial charge on any atom is -0.462 e. The smallest absolute Gasteiger partial charge is 0.306 e. The lowest BCUT2D eigenvalue weighted by molar-refractivity contribution is -0.151. The summed E-state index contributed by atoms with van der Waals surface area (Å²) >= 11 is 0. The van der Waals surface area contributed by atoms with E-state index in [0.29, 0.717) is 25.2 Å². The minimum atomic E-state index is -0.317. The van der Waals surface area contributed by atoms with Crippen LogP contribution in [-0.4, -0.2) is 23.3 Å². The molecule has 3 atom stereocenters. The van der Waals surface area contributed by atoms with E-state index >= 15 is 0 Å². The number of rotatable bonds is 1. The fourth-order valence-electron chi connectivity index (χ4n) is 2.12. The van der Waals surface area contributed by atoms with E-state index < -0.39 is 0 Å². The maximum absolute atomic E-state index is 11.7. The normalized spacial score (nSPS) is 33.4. The Morgan fingerprint density at radius 1 is 1.33 bits per heavy atom. The van der Waals surface area contributed by atoms with Gasteiger partial charge in [0.2, 0.25) is 0 Å². The third kappa shape index (κ3) is 5.21. The minimum absolute atomic E-state index is 0.0200. The topological polar surface area (TPSA) is 46.5 Å². The molecule has 0 aromatic heterocycles. The molecule has 1 rings (SSSR count). The van der Waals surface area contributed by atoms with Crippen molar-refractivity contribution in [2.75, 3.05) is 0 Å². The average molecular weight is 254 g/mol. The molecular formula is C15H26O3. The summed E-state index contributed by atoms with van der Waals surface area (Å²) in [5.74, 6) is 0.460. The van der Waals surface area contributed by atoms with Gasteiger partial charge in [0.05, 0.1) is 6.10 Å². The Balaban J connectivity index is 2.64. The van der Waals surface area contributed by atoms with Gasteiger partial charge in [-0.2, -0.15) is 0 Å². The molecule has 0 aromatic rings. The van der Waals surface area contributed by atoms with E-state index in [1.165, 1.54) is 0 Å². The number of cyclic esters (lactones) is 1. The Kier molecular flexibility index (Phi) is 6.41. The van der Waals surface area contributed by atoms with Crippen LogP contribution in [0.25, 0.3) is 0 Å². The zero-order valence-electron chi connectivity index (χ0n) is 11.8. The molecule has 0 aromatic carbocycles. The standard InChI is InChI=1S/C15H26O3/c1-11(2)14-9-5-4-7-12(3)13(16)8-6-10-15(17)18-14/h4-5,11-14,16H,6-10H2,1-3H3/b5-4-/t12-,13-,14+/m0/s1. The highest BCUT2D eigenvalue weighted by molar-refractivity contribution is 5.69. The third-order valence-electron chi connectivity index (χ3n) is 3.61. The highest BCUT2D eigenvalue weighted by Crippen LogP contribution is 2.19. The van der Waals surface area contributed by atoms with Crippen LogP contribution in [0.15, 0.2) is 12.2 Å². The fourth-order valence-corrected chi connectivity index (χ4v) is 2.12. The Morgan fingerprint density at radius 2 is 2.00 bits per heavy atom. The first-order chi connectivity index (χ1) is 8.50. The second-order valence-electron chi connectivity index (χ2n) is 5.65. The first kappa shape index (κ1) is 15.2. The van der Waals surface area contributed by atoms with Crippen molar-refractivity contribution < 1.29 is 14.6 Å². The summed E-state index contributed by atoms with van der Waals surface area (Å²) in [6, 6.07) is 0. The lowest BCUT2D eigenvalue weighted by atomic mass is 9.95. The third-order valence-corrected chi connectivity index (χ3v) is 3.61. The number of aliphatic hydroxyl groups is 1. The van der Waals surface area contributed by atoms with Gasteiger partial charge in [0, 0.05) is 12.8 Å². The summed E-state index contributed by atoms with van der Waals surface area (Å²) in [5, 5.41) is 9.90. The largest absolute Gasteiger partial charge is 0.462 e. The zero-order chi connectivity index (χ0) is 13.5. The second kappa shape index (κ2) is 7.57. The van der Waals surface area contributed by atoms with Gasteiger partial charge >= 0.3 is 5.97 Å².